The van der Waals surface area contributed by atoms with Gasteiger partial charge in [0.05, 0.1) is 0 Å². The van der Waals surface area contributed by atoms with Crippen molar-refractivity contribution >= 4 is 5.91 Å². The Morgan fingerprint density at radius 2 is 2.07 bits per heavy atom. The summed E-state index contributed by atoms with van der Waals surface area (Å²) in [6.07, 6.45) is 3.47. The lowest BCUT2D eigenvalue weighted by Crippen LogP contribution is -2.50. The van der Waals surface area contributed by atoms with Gasteiger partial charge in [0.2, 0.25) is 0 Å². The first-order valence-corrected chi connectivity index (χ1v) is 5.66. The minimum atomic E-state index is -0.724. The molecule has 1 saturated carbocycles. The van der Waals surface area contributed by atoms with Gasteiger partial charge in [0, 0.05) is 13.2 Å². The summed E-state index contributed by atoms with van der Waals surface area (Å²) in [5.41, 5.74) is -0.502. The highest BCUT2D eigenvalue weighted by Gasteiger charge is 2.38. The number of carbonyl (C=O) groups excluding carboxylic acids is 1. The van der Waals surface area contributed by atoms with Gasteiger partial charge >= 0.3 is 0 Å². The van der Waals surface area contributed by atoms with Crippen molar-refractivity contribution < 1.29 is 9.53 Å². The van der Waals surface area contributed by atoms with Crippen molar-refractivity contribution in [3.63, 3.8) is 0 Å². The van der Waals surface area contributed by atoms with E-state index in [1.165, 1.54) is 12.8 Å². The maximum absolute atomic E-state index is 11.9. The highest BCUT2D eigenvalue weighted by molar-refractivity contribution is 5.84. The van der Waals surface area contributed by atoms with Crippen LogP contribution in [0.3, 0.4) is 0 Å². The van der Waals surface area contributed by atoms with Crippen molar-refractivity contribution in [2.75, 3.05) is 7.11 Å². The highest BCUT2D eigenvalue weighted by Crippen LogP contribution is 2.37. The van der Waals surface area contributed by atoms with Crippen molar-refractivity contribution in [3.8, 4) is 0 Å². The van der Waals surface area contributed by atoms with Crippen LogP contribution in [0, 0.1) is 5.41 Å². The topological polar surface area (TPSA) is 38.3 Å². The third kappa shape index (κ3) is 2.71. The predicted molar refractivity (Wildman–Crippen MR) is 60.7 cm³/mol. The zero-order valence-corrected chi connectivity index (χ0v) is 10.5. The standard InChI is InChI=1S/C12H23NO2/c1-11(2)8-6-7-9(11)13-10(14)12(3,4)15-5/h9H,6-8H2,1-5H3,(H,13,14). The SMILES string of the molecule is COC(C)(C)C(=O)NC1CCCC1(C)C. The number of rotatable bonds is 3. The smallest absolute Gasteiger partial charge is 0.251 e. The summed E-state index contributed by atoms with van der Waals surface area (Å²) in [5, 5.41) is 3.10. The summed E-state index contributed by atoms with van der Waals surface area (Å²) < 4.78 is 5.17. The van der Waals surface area contributed by atoms with Crippen LogP contribution in [0.1, 0.15) is 47.0 Å². The number of methoxy groups -OCH3 is 1. The summed E-state index contributed by atoms with van der Waals surface area (Å²) >= 11 is 0. The van der Waals surface area contributed by atoms with E-state index in [4.69, 9.17) is 4.74 Å². The Kier molecular flexibility index (Phi) is 3.44. The van der Waals surface area contributed by atoms with Crippen LogP contribution in [0.15, 0.2) is 0 Å². The van der Waals surface area contributed by atoms with Crippen molar-refractivity contribution in [2.45, 2.75) is 58.6 Å². The third-order valence-electron chi connectivity index (χ3n) is 3.62. The van der Waals surface area contributed by atoms with E-state index in [2.05, 4.69) is 19.2 Å². The quantitative estimate of drug-likeness (QED) is 0.779. The van der Waals surface area contributed by atoms with E-state index < -0.39 is 5.60 Å². The van der Waals surface area contributed by atoms with Gasteiger partial charge in [0.15, 0.2) is 0 Å². The number of ether oxygens (including phenoxy) is 1. The molecule has 0 bridgehead atoms. The van der Waals surface area contributed by atoms with Crippen LogP contribution in [0.2, 0.25) is 0 Å². The Balaban J connectivity index is 2.59. The second-order valence-electron chi connectivity index (χ2n) is 5.62. The molecule has 1 fully saturated rings. The van der Waals surface area contributed by atoms with Gasteiger partial charge in [-0.1, -0.05) is 20.3 Å². The van der Waals surface area contributed by atoms with Crippen LogP contribution in [0.25, 0.3) is 0 Å². The lowest BCUT2D eigenvalue weighted by Gasteiger charge is -2.31. The number of hydrogen-bond acceptors (Lipinski definition) is 2. The molecule has 0 saturated heterocycles. The molecule has 0 aromatic heterocycles. The summed E-state index contributed by atoms with van der Waals surface area (Å²) in [4.78, 5) is 11.9. The van der Waals surface area contributed by atoms with Crippen LogP contribution in [0.4, 0.5) is 0 Å². The Morgan fingerprint density at radius 3 is 2.47 bits per heavy atom. The Hall–Kier alpha value is -0.570. The highest BCUT2D eigenvalue weighted by atomic mass is 16.5. The Bertz CT molecular complexity index is 246. The molecule has 3 heteroatoms. The molecule has 1 amide bonds. The van der Waals surface area contributed by atoms with Crippen molar-refractivity contribution in [3.05, 3.63) is 0 Å². The van der Waals surface area contributed by atoms with Gasteiger partial charge in [-0.15, -0.1) is 0 Å². The maximum atomic E-state index is 11.9. The molecule has 0 aromatic carbocycles. The summed E-state index contributed by atoms with van der Waals surface area (Å²) in [5.74, 6) is -0.00928. The Morgan fingerprint density at radius 1 is 1.47 bits per heavy atom. The molecule has 0 aliphatic heterocycles. The van der Waals surface area contributed by atoms with Crippen LogP contribution >= 0.6 is 0 Å². The van der Waals surface area contributed by atoms with E-state index >= 15 is 0 Å². The van der Waals surface area contributed by atoms with Gasteiger partial charge in [0.1, 0.15) is 5.60 Å². The van der Waals surface area contributed by atoms with E-state index in [1.807, 2.05) is 0 Å². The van der Waals surface area contributed by atoms with Gasteiger partial charge in [-0.25, -0.2) is 0 Å². The van der Waals surface area contributed by atoms with E-state index in [1.54, 1.807) is 21.0 Å². The maximum Gasteiger partial charge on any atom is 0.251 e. The van der Waals surface area contributed by atoms with E-state index in [9.17, 15) is 4.79 Å². The molecule has 88 valence electrons. The molecule has 0 spiro atoms. The van der Waals surface area contributed by atoms with E-state index in [0.717, 1.165) is 6.42 Å². The first kappa shape index (κ1) is 12.5. The van der Waals surface area contributed by atoms with Gasteiger partial charge in [-0.05, 0) is 32.1 Å². The molecule has 3 nitrogen and oxygen atoms in total. The molecule has 0 heterocycles. The monoisotopic (exact) mass is 213 g/mol. The number of carbonyl (C=O) groups is 1. The average Bonchev–Trinajstić information content (AvgIpc) is 2.46. The first-order valence-electron chi connectivity index (χ1n) is 5.66. The van der Waals surface area contributed by atoms with Gasteiger partial charge < -0.3 is 10.1 Å². The lowest BCUT2D eigenvalue weighted by molar-refractivity contribution is -0.140. The fraction of sp³-hybridized carbons (Fsp3) is 0.917. The molecular formula is C12H23NO2. The third-order valence-corrected chi connectivity index (χ3v) is 3.62. The lowest BCUT2D eigenvalue weighted by atomic mass is 9.87. The Labute approximate surface area is 92.6 Å². The molecule has 0 aromatic rings. The second-order valence-corrected chi connectivity index (χ2v) is 5.62. The molecule has 1 aliphatic carbocycles. The molecule has 1 aliphatic rings. The number of hydrogen-bond donors (Lipinski definition) is 1. The van der Waals surface area contributed by atoms with Crippen LogP contribution in [-0.4, -0.2) is 24.7 Å². The second kappa shape index (κ2) is 4.12. The molecule has 1 atom stereocenters. The van der Waals surface area contributed by atoms with Crippen molar-refractivity contribution in [1.29, 1.82) is 0 Å². The fourth-order valence-electron chi connectivity index (χ4n) is 2.02. The normalized spacial score (nSPS) is 25.3. The van der Waals surface area contributed by atoms with Crippen LogP contribution in [0.5, 0.6) is 0 Å². The fourth-order valence-corrected chi connectivity index (χ4v) is 2.02. The predicted octanol–water partition coefficient (Wildman–Crippen LogP) is 2.11. The molecule has 0 radical (unpaired) electrons. The average molecular weight is 213 g/mol. The van der Waals surface area contributed by atoms with Crippen molar-refractivity contribution in [2.24, 2.45) is 5.41 Å². The zero-order valence-electron chi connectivity index (χ0n) is 10.5. The minimum absolute atomic E-state index is 0.00928. The molecule has 1 unspecified atom stereocenters. The molecule has 1 rings (SSSR count). The molecule has 1 N–H and O–H groups in total. The molecular weight excluding hydrogens is 190 g/mol. The summed E-state index contributed by atoms with van der Waals surface area (Å²) in [6.45, 7) is 8.02. The zero-order chi connectivity index (χ0) is 11.7. The molecule has 15 heavy (non-hydrogen) atoms. The van der Waals surface area contributed by atoms with E-state index in [0.29, 0.717) is 6.04 Å². The van der Waals surface area contributed by atoms with Crippen molar-refractivity contribution in [1.82, 2.24) is 5.32 Å². The van der Waals surface area contributed by atoms with Crippen LogP contribution in [-0.2, 0) is 9.53 Å². The first-order chi connectivity index (χ1) is 6.79. The minimum Gasteiger partial charge on any atom is -0.369 e. The van der Waals surface area contributed by atoms with Gasteiger partial charge in [-0.2, -0.15) is 0 Å². The van der Waals surface area contributed by atoms with Gasteiger partial charge in [0.25, 0.3) is 5.91 Å². The summed E-state index contributed by atoms with van der Waals surface area (Å²) in [6, 6.07) is 0.291. The largest absolute Gasteiger partial charge is 0.369 e. The number of amides is 1. The van der Waals surface area contributed by atoms with Crippen LogP contribution < -0.4 is 5.32 Å². The summed E-state index contributed by atoms with van der Waals surface area (Å²) in [7, 11) is 1.57. The number of nitrogens with one attached hydrogen (secondary N) is 1. The van der Waals surface area contributed by atoms with E-state index in [-0.39, 0.29) is 11.3 Å². The van der Waals surface area contributed by atoms with Gasteiger partial charge in [-0.3, -0.25) is 4.79 Å².